The zero-order valence-electron chi connectivity index (χ0n) is 8.02. The van der Waals surface area contributed by atoms with Gasteiger partial charge in [-0.25, -0.2) is 0 Å². The third kappa shape index (κ3) is 2.00. The van der Waals surface area contributed by atoms with Crippen molar-refractivity contribution >= 4 is 0 Å². The summed E-state index contributed by atoms with van der Waals surface area (Å²) in [5.74, 6) is 0. The third-order valence-corrected chi connectivity index (χ3v) is 2.48. The van der Waals surface area contributed by atoms with Gasteiger partial charge in [0.05, 0.1) is 12.3 Å². The molecular formula is C10H13NO4. The fourth-order valence-electron chi connectivity index (χ4n) is 1.61. The highest BCUT2D eigenvalue weighted by Crippen LogP contribution is 2.27. The van der Waals surface area contributed by atoms with Gasteiger partial charge in [-0.05, 0) is 12.1 Å². The van der Waals surface area contributed by atoms with Gasteiger partial charge < -0.3 is 20.1 Å². The summed E-state index contributed by atoms with van der Waals surface area (Å²) < 4.78 is 5.24. The normalized spacial score (nSPS) is 36.5. The van der Waals surface area contributed by atoms with Gasteiger partial charge in [-0.15, -0.1) is 0 Å². The van der Waals surface area contributed by atoms with Gasteiger partial charge in [-0.2, -0.15) is 0 Å². The average Bonchev–Trinajstić information content (AvgIpc) is 2.27. The van der Waals surface area contributed by atoms with E-state index in [1.54, 1.807) is 24.4 Å². The molecule has 82 valence electrons. The van der Waals surface area contributed by atoms with Crippen molar-refractivity contribution in [1.82, 2.24) is 4.98 Å². The quantitative estimate of drug-likeness (QED) is 0.568. The first-order valence-electron chi connectivity index (χ1n) is 4.77. The number of ether oxygens (including phenoxy) is 1. The molecule has 1 aliphatic heterocycles. The summed E-state index contributed by atoms with van der Waals surface area (Å²) in [6.07, 6.45) is -2.47. The highest BCUT2D eigenvalue weighted by Gasteiger charge is 2.38. The molecule has 0 radical (unpaired) electrons. The van der Waals surface area contributed by atoms with E-state index in [1.165, 1.54) is 0 Å². The predicted molar refractivity (Wildman–Crippen MR) is 51.0 cm³/mol. The van der Waals surface area contributed by atoms with E-state index in [1.807, 2.05) is 0 Å². The molecule has 4 unspecified atom stereocenters. The smallest absolute Gasteiger partial charge is 0.128 e. The minimum atomic E-state index is -1.19. The lowest BCUT2D eigenvalue weighted by Gasteiger charge is -2.34. The Morgan fingerprint density at radius 1 is 1.20 bits per heavy atom. The Morgan fingerprint density at radius 3 is 2.67 bits per heavy atom. The molecule has 3 N–H and O–H groups in total. The maximum atomic E-state index is 9.69. The van der Waals surface area contributed by atoms with Crippen molar-refractivity contribution in [3.05, 3.63) is 30.1 Å². The molecule has 0 aliphatic carbocycles. The summed E-state index contributed by atoms with van der Waals surface area (Å²) in [4.78, 5) is 4.03. The van der Waals surface area contributed by atoms with Crippen LogP contribution >= 0.6 is 0 Å². The molecule has 4 atom stereocenters. The summed E-state index contributed by atoms with van der Waals surface area (Å²) in [6.45, 7) is -0.000528. The van der Waals surface area contributed by atoms with Crippen molar-refractivity contribution in [2.75, 3.05) is 6.61 Å². The van der Waals surface area contributed by atoms with Gasteiger partial charge in [0.2, 0.25) is 0 Å². The second kappa shape index (κ2) is 4.24. The van der Waals surface area contributed by atoms with Gasteiger partial charge in [0.15, 0.2) is 0 Å². The molecule has 0 bridgehead atoms. The summed E-state index contributed by atoms with van der Waals surface area (Å²) in [6, 6.07) is 5.23. The standard InChI is InChI=1S/C10H13NO4/c12-7-5-15-10(9(14)8(7)13)6-3-1-2-4-11-6/h1-4,7-10,12-14H,5H2. The van der Waals surface area contributed by atoms with Crippen molar-refractivity contribution in [3.63, 3.8) is 0 Å². The molecule has 1 saturated heterocycles. The van der Waals surface area contributed by atoms with E-state index in [4.69, 9.17) is 4.74 Å². The molecule has 2 heterocycles. The molecule has 1 fully saturated rings. The molecule has 0 spiro atoms. The Morgan fingerprint density at radius 2 is 2.00 bits per heavy atom. The highest BCUT2D eigenvalue weighted by atomic mass is 16.5. The number of rotatable bonds is 1. The fourth-order valence-corrected chi connectivity index (χ4v) is 1.61. The zero-order valence-corrected chi connectivity index (χ0v) is 8.02. The molecule has 5 nitrogen and oxygen atoms in total. The monoisotopic (exact) mass is 211 g/mol. The Bertz CT molecular complexity index is 318. The lowest BCUT2D eigenvalue weighted by Crippen LogP contribution is -2.49. The summed E-state index contributed by atoms with van der Waals surface area (Å²) in [5, 5.41) is 28.4. The van der Waals surface area contributed by atoms with Crippen LogP contribution in [0.5, 0.6) is 0 Å². The predicted octanol–water partition coefficient (Wildman–Crippen LogP) is -0.764. The minimum absolute atomic E-state index is 0.000528. The van der Waals surface area contributed by atoms with Crippen molar-refractivity contribution < 1.29 is 20.1 Å². The van der Waals surface area contributed by atoms with Crippen LogP contribution in [0.2, 0.25) is 0 Å². The van der Waals surface area contributed by atoms with Crippen LogP contribution < -0.4 is 0 Å². The molecule has 0 amide bonds. The van der Waals surface area contributed by atoms with Crippen molar-refractivity contribution in [3.8, 4) is 0 Å². The van der Waals surface area contributed by atoms with E-state index in [2.05, 4.69) is 4.98 Å². The third-order valence-electron chi connectivity index (χ3n) is 2.48. The van der Waals surface area contributed by atoms with Crippen molar-refractivity contribution in [1.29, 1.82) is 0 Å². The first-order chi connectivity index (χ1) is 7.20. The molecule has 1 aliphatic rings. The molecule has 15 heavy (non-hydrogen) atoms. The number of nitrogens with zero attached hydrogens (tertiary/aromatic N) is 1. The van der Waals surface area contributed by atoms with E-state index in [9.17, 15) is 15.3 Å². The molecule has 5 heteroatoms. The van der Waals surface area contributed by atoms with Gasteiger partial charge >= 0.3 is 0 Å². The van der Waals surface area contributed by atoms with Gasteiger partial charge in [-0.1, -0.05) is 6.07 Å². The first kappa shape index (κ1) is 10.5. The maximum Gasteiger partial charge on any atom is 0.128 e. The number of hydrogen-bond acceptors (Lipinski definition) is 5. The van der Waals surface area contributed by atoms with Crippen LogP contribution in [0.3, 0.4) is 0 Å². The second-order valence-electron chi connectivity index (χ2n) is 3.56. The van der Waals surface area contributed by atoms with Gasteiger partial charge in [-0.3, -0.25) is 4.98 Å². The second-order valence-corrected chi connectivity index (χ2v) is 3.56. The van der Waals surface area contributed by atoms with Gasteiger partial charge in [0.1, 0.15) is 24.4 Å². The number of pyridine rings is 1. The zero-order chi connectivity index (χ0) is 10.8. The average molecular weight is 211 g/mol. The lowest BCUT2D eigenvalue weighted by molar-refractivity contribution is -0.190. The Kier molecular flexibility index (Phi) is 2.97. The minimum Gasteiger partial charge on any atom is -0.388 e. The van der Waals surface area contributed by atoms with Crippen LogP contribution in [0.15, 0.2) is 24.4 Å². The van der Waals surface area contributed by atoms with Crippen LogP contribution in [-0.4, -0.2) is 45.2 Å². The lowest BCUT2D eigenvalue weighted by atomic mass is 9.98. The molecule has 0 saturated carbocycles. The van der Waals surface area contributed by atoms with Crippen molar-refractivity contribution in [2.45, 2.75) is 24.4 Å². The molecule has 0 aromatic carbocycles. The van der Waals surface area contributed by atoms with Crippen LogP contribution in [0, 0.1) is 0 Å². The van der Waals surface area contributed by atoms with E-state index < -0.39 is 24.4 Å². The Hall–Kier alpha value is -1.01. The number of hydrogen-bond donors (Lipinski definition) is 3. The van der Waals surface area contributed by atoms with Crippen molar-refractivity contribution in [2.24, 2.45) is 0 Å². The van der Waals surface area contributed by atoms with Crippen LogP contribution in [-0.2, 0) is 4.74 Å². The SMILES string of the molecule is OC1COC(c2ccccn2)C(O)C1O. The highest BCUT2D eigenvalue weighted by molar-refractivity contribution is 5.10. The fraction of sp³-hybridized carbons (Fsp3) is 0.500. The van der Waals surface area contributed by atoms with E-state index >= 15 is 0 Å². The van der Waals surface area contributed by atoms with E-state index in [0.717, 1.165) is 0 Å². The van der Waals surface area contributed by atoms with Crippen LogP contribution in [0.4, 0.5) is 0 Å². The Labute approximate surface area is 87.0 Å². The number of aliphatic hydroxyl groups excluding tert-OH is 3. The number of aromatic nitrogens is 1. The summed E-state index contributed by atoms with van der Waals surface area (Å²) in [5.41, 5.74) is 0.552. The van der Waals surface area contributed by atoms with Gasteiger partial charge in [0, 0.05) is 6.20 Å². The van der Waals surface area contributed by atoms with E-state index in [0.29, 0.717) is 5.69 Å². The van der Waals surface area contributed by atoms with Crippen LogP contribution in [0.1, 0.15) is 11.8 Å². The molecule has 1 aromatic heterocycles. The first-order valence-corrected chi connectivity index (χ1v) is 4.77. The van der Waals surface area contributed by atoms with Crippen LogP contribution in [0.25, 0.3) is 0 Å². The van der Waals surface area contributed by atoms with Gasteiger partial charge in [0.25, 0.3) is 0 Å². The summed E-state index contributed by atoms with van der Waals surface area (Å²) in [7, 11) is 0. The number of aliphatic hydroxyl groups is 3. The largest absolute Gasteiger partial charge is 0.388 e. The topological polar surface area (TPSA) is 82.8 Å². The molecule has 2 rings (SSSR count). The maximum absolute atomic E-state index is 9.69. The molecule has 1 aromatic rings. The Balaban J connectivity index is 2.17. The van der Waals surface area contributed by atoms with E-state index in [-0.39, 0.29) is 6.61 Å². The molecular weight excluding hydrogens is 198 g/mol. The summed E-state index contributed by atoms with van der Waals surface area (Å²) >= 11 is 0.